The minimum absolute atomic E-state index is 0.0488. The van der Waals surface area contributed by atoms with Crippen LogP contribution in [0, 0.1) is 0 Å². The van der Waals surface area contributed by atoms with E-state index in [-0.39, 0.29) is 5.43 Å². The second kappa shape index (κ2) is 15.2. The summed E-state index contributed by atoms with van der Waals surface area (Å²) >= 11 is 0. The molecule has 0 saturated heterocycles. The summed E-state index contributed by atoms with van der Waals surface area (Å²) in [6, 6.07) is 18.1. The van der Waals surface area contributed by atoms with Crippen LogP contribution in [0.5, 0.6) is 5.75 Å². The molecule has 1 heterocycles. The highest BCUT2D eigenvalue weighted by atomic mass is 16.5. The number of rotatable bonds is 17. The third kappa shape index (κ3) is 7.85. The molecule has 3 nitrogen and oxygen atoms in total. The zero-order valence-corrected chi connectivity index (χ0v) is 21.6. The lowest BCUT2D eigenvalue weighted by Gasteiger charge is -2.21. The van der Waals surface area contributed by atoms with Crippen molar-refractivity contribution in [3.63, 3.8) is 0 Å². The lowest BCUT2D eigenvalue weighted by molar-refractivity contribution is 0.358. The topological polar surface area (TPSA) is 31.2 Å². The molecule has 0 bridgehead atoms. The number of para-hydroxylation sites is 1. The van der Waals surface area contributed by atoms with Gasteiger partial charge in [-0.2, -0.15) is 0 Å². The van der Waals surface area contributed by atoms with Gasteiger partial charge in [-0.25, -0.2) is 0 Å². The van der Waals surface area contributed by atoms with Crippen LogP contribution < -0.4 is 10.2 Å². The molecule has 0 N–H and O–H groups in total. The van der Waals surface area contributed by atoms with Gasteiger partial charge in [-0.05, 0) is 18.6 Å². The maximum atomic E-state index is 13.4. The minimum Gasteiger partial charge on any atom is -0.483 e. The van der Waals surface area contributed by atoms with Gasteiger partial charge in [-0.1, -0.05) is 133 Å². The predicted octanol–water partition coefficient (Wildman–Crippen LogP) is 8.93. The van der Waals surface area contributed by atoms with Crippen LogP contribution in [0.4, 0.5) is 0 Å². The average molecular weight is 474 g/mol. The van der Waals surface area contributed by atoms with Crippen LogP contribution in [-0.4, -0.2) is 11.2 Å². The average Bonchev–Trinajstić information content (AvgIpc) is 2.90. The zero-order chi connectivity index (χ0) is 24.7. The third-order valence-electron chi connectivity index (χ3n) is 6.76. The first-order chi connectivity index (χ1) is 17.3. The Bertz CT molecular complexity index is 1080. The smallest absolute Gasteiger partial charge is 0.231 e. The fraction of sp³-hybridized carbons (Fsp3) is 0.469. The van der Waals surface area contributed by atoms with Crippen LogP contribution in [0.3, 0.4) is 0 Å². The number of fused-ring (bicyclic) bond motifs is 1. The molecule has 0 unspecified atom stereocenters. The standard InChI is InChI=1S/C32H43NO2/c1-3-5-6-7-8-9-10-11-12-13-14-20-25-33-29-24-19-18-23-28(29)31(34)32(35-26-4-2)30(33)27-21-16-15-17-22-27/h4,15-19,21-24H,2-3,5-14,20,25-26H2,1H3. The molecule has 35 heavy (non-hydrogen) atoms. The monoisotopic (exact) mass is 473 g/mol. The van der Waals surface area contributed by atoms with E-state index in [9.17, 15) is 4.79 Å². The normalized spacial score (nSPS) is 11.1. The van der Waals surface area contributed by atoms with Gasteiger partial charge in [0.2, 0.25) is 5.43 Å². The van der Waals surface area contributed by atoms with E-state index in [2.05, 4.69) is 36.3 Å². The van der Waals surface area contributed by atoms with E-state index in [1.807, 2.05) is 36.4 Å². The Hall–Kier alpha value is -2.81. The Morgan fingerprint density at radius 3 is 1.97 bits per heavy atom. The van der Waals surface area contributed by atoms with E-state index in [4.69, 9.17) is 4.74 Å². The van der Waals surface area contributed by atoms with Gasteiger partial charge >= 0.3 is 0 Å². The summed E-state index contributed by atoms with van der Waals surface area (Å²) in [6.45, 7) is 7.23. The van der Waals surface area contributed by atoms with E-state index >= 15 is 0 Å². The number of aromatic nitrogens is 1. The van der Waals surface area contributed by atoms with Gasteiger partial charge in [-0.15, -0.1) is 0 Å². The van der Waals surface area contributed by atoms with E-state index < -0.39 is 0 Å². The van der Waals surface area contributed by atoms with Crippen LogP contribution in [0.1, 0.15) is 84.0 Å². The second-order valence-electron chi connectivity index (χ2n) is 9.53. The number of ether oxygens (including phenoxy) is 1. The van der Waals surface area contributed by atoms with Gasteiger partial charge in [0.1, 0.15) is 6.61 Å². The lowest BCUT2D eigenvalue weighted by Crippen LogP contribution is -2.17. The van der Waals surface area contributed by atoms with Gasteiger partial charge in [-0.3, -0.25) is 4.79 Å². The van der Waals surface area contributed by atoms with E-state index in [0.29, 0.717) is 17.7 Å². The van der Waals surface area contributed by atoms with Crippen LogP contribution >= 0.6 is 0 Å². The van der Waals surface area contributed by atoms with Crippen LogP contribution in [0.15, 0.2) is 72.0 Å². The van der Waals surface area contributed by atoms with Gasteiger partial charge in [0.05, 0.1) is 11.2 Å². The molecule has 188 valence electrons. The van der Waals surface area contributed by atoms with Crippen molar-refractivity contribution in [1.29, 1.82) is 0 Å². The minimum atomic E-state index is -0.0488. The molecule has 3 heteroatoms. The quantitative estimate of drug-likeness (QED) is 0.145. The summed E-state index contributed by atoms with van der Waals surface area (Å²) < 4.78 is 8.27. The molecule has 0 saturated carbocycles. The highest BCUT2D eigenvalue weighted by Crippen LogP contribution is 2.31. The number of nitrogens with zero attached hydrogens (tertiary/aromatic N) is 1. The summed E-state index contributed by atoms with van der Waals surface area (Å²) in [5.74, 6) is 0.425. The first kappa shape index (κ1) is 26.8. The summed E-state index contributed by atoms with van der Waals surface area (Å²) in [4.78, 5) is 13.4. The zero-order valence-electron chi connectivity index (χ0n) is 21.6. The molecule has 0 radical (unpaired) electrons. The molecule has 0 spiro atoms. The molecule has 0 atom stereocenters. The first-order valence-electron chi connectivity index (χ1n) is 13.7. The highest BCUT2D eigenvalue weighted by molar-refractivity contribution is 5.86. The van der Waals surface area contributed by atoms with E-state index in [1.54, 1.807) is 6.08 Å². The molecule has 0 fully saturated rings. The van der Waals surface area contributed by atoms with E-state index in [0.717, 1.165) is 29.7 Å². The number of hydrogen-bond acceptors (Lipinski definition) is 2. The van der Waals surface area contributed by atoms with Crippen LogP contribution in [0.25, 0.3) is 22.2 Å². The molecule has 2 aromatic carbocycles. The summed E-state index contributed by atoms with van der Waals surface area (Å²) in [5, 5.41) is 0.713. The summed E-state index contributed by atoms with van der Waals surface area (Å²) in [6.07, 6.45) is 17.6. The Kier molecular flexibility index (Phi) is 11.7. The Labute approximate surface area is 211 Å². The second-order valence-corrected chi connectivity index (χ2v) is 9.53. The molecular weight excluding hydrogens is 430 g/mol. The molecule has 0 aliphatic heterocycles. The van der Waals surface area contributed by atoms with E-state index in [1.165, 1.54) is 70.6 Å². The van der Waals surface area contributed by atoms with Crippen molar-refractivity contribution in [2.45, 2.75) is 90.5 Å². The van der Waals surface area contributed by atoms with Gasteiger partial charge < -0.3 is 9.30 Å². The summed E-state index contributed by atoms with van der Waals surface area (Å²) in [5.41, 5.74) is 2.81. The molecule has 0 aliphatic carbocycles. The van der Waals surface area contributed by atoms with Crippen molar-refractivity contribution in [1.82, 2.24) is 4.57 Å². The van der Waals surface area contributed by atoms with Gasteiger partial charge in [0.25, 0.3) is 0 Å². The lowest BCUT2D eigenvalue weighted by atomic mass is 10.0. The number of pyridine rings is 1. The van der Waals surface area contributed by atoms with Crippen molar-refractivity contribution in [3.05, 3.63) is 77.5 Å². The Morgan fingerprint density at radius 1 is 0.771 bits per heavy atom. The van der Waals surface area contributed by atoms with Crippen LogP contribution in [0.2, 0.25) is 0 Å². The predicted molar refractivity (Wildman–Crippen MR) is 150 cm³/mol. The fourth-order valence-electron chi connectivity index (χ4n) is 4.88. The maximum absolute atomic E-state index is 13.4. The number of unbranched alkanes of at least 4 members (excludes halogenated alkanes) is 11. The third-order valence-corrected chi connectivity index (χ3v) is 6.76. The fourth-order valence-corrected chi connectivity index (χ4v) is 4.88. The Morgan fingerprint density at radius 2 is 1.34 bits per heavy atom. The Balaban J connectivity index is 1.67. The molecule has 0 aliphatic rings. The molecule has 3 aromatic rings. The number of aryl methyl sites for hydroxylation is 1. The van der Waals surface area contributed by atoms with Crippen molar-refractivity contribution < 1.29 is 4.74 Å². The molecule has 3 rings (SSSR count). The SMILES string of the molecule is C=CCOc1c(-c2ccccc2)n(CCCCCCCCCCCCCC)c2ccccc2c1=O. The van der Waals surface area contributed by atoms with Gasteiger partial charge in [0, 0.05) is 17.5 Å². The molecule has 0 amide bonds. The van der Waals surface area contributed by atoms with Gasteiger partial charge in [0.15, 0.2) is 5.75 Å². The van der Waals surface area contributed by atoms with Crippen molar-refractivity contribution in [2.75, 3.05) is 6.61 Å². The number of benzene rings is 2. The largest absolute Gasteiger partial charge is 0.483 e. The van der Waals surface area contributed by atoms with Crippen molar-refractivity contribution in [2.24, 2.45) is 0 Å². The molecular formula is C32H43NO2. The maximum Gasteiger partial charge on any atom is 0.231 e. The van der Waals surface area contributed by atoms with Crippen molar-refractivity contribution >= 4 is 10.9 Å². The van der Waals surface area contributed by atoms with Crippen molar-refractivity contribution in [3.8, 4) is 17.0 Å². The highest BCUT2D eigenvalue weighted by Gasteiger charge is 2.19. The molecule has 1 aromatic heterocycles. The van der Waals surface area contributed by atoms with Crippen LogP contribution in [-0.2, 0) is 6.54 Å². The number of hydrogen-bond donors (Lipinski definition) is 0. The summed E-state index contributed by atoms with van der Waals surface area (Å²) in [7, 11) is 0. The first-order valence-corrected chi connectivity index (χ1v) is 13.7.